The van der Waals surface area contributed by atoms with Crippen molar-refractivity contribution < 1.29 is 14.7 Å². The minimum absolute atomic E-state index is 0.000868. The number of aliphatic carboxylic acids is 1. The number of amides is 1. The summed E-state index contributed by atoms with van der Waals surface area (Å²) >= 11 is 0. The molecule has 0 saturated carbocycles. The summed E-state index contributed by atoms with van der Waals surface area (Å²) in [4.78, 5) is 29.4. The van der Waals surface area contributed by atoms with E-state index in [1.54, 1.807) is 19.3 Å². The number of aromatic nitrogens is 1. The van der Waals surface area contributed by atoms with E-state index >= 15 is 0 Å². The fourth-order valence-corrected chi connectivity index (χ4v) is 3.33. The Balaban J connectivity index is 1.94. The van der Waals surface area contributed by atoms with Crippen molar-refractivity contribution in [1.82, 2.24) is 9.88 Å². The fourth-order valence-electron chi connectivity index (χ4n) is 3.33. The van der Waals surface area contributed by atoms with Gasteiger partial charge in [0, 0.05) is 38.0 Å². The molecule has 5 nitrogen and oxygen atoms in total. The summed E-state index contributed by atoms with van der Waals surface area (Å²) in [6, 6.07) is 17.8. The Hall–Kier alpha value is -3.47. The molecule has 0 atom stereocenters. The molecule has 1 amide bonds. The number of pyridine rings is 1. The van der Waals surface area contributed by atoms with Crippen LogP contribution in [0, 0.1) is 6.92 Å². The summed E-state index contributed by atoms with van der Waals surface area (Å²) in [6.07, 6.45) is 3.23. The molecule has 1 heterocycles. The second kappa shape index (κ2) is 9.15. The Morgan fingerprint density at radius 1 is 0.966 bits per heavy atom. The lowest BCUT2D eigenvalue weighted by atomic mass is 9.97. The number of carboxylic acid groups (broad SMARTS) is 1. The topological polar surface area (TPSA) is 70.5 Å². The molecule has 1 aromatic heterocycles. The molecular formula is C24H24N2O3. The van der Waals surface area contributed by atoms with E-state index in [0.29, 0.717) is 18.7 Å². The first-order valence-corrected chi connectivity index (χ1v) is 9.47. The third kappa shape index (κ3) is 5.51. The van der Waals surface area contributed by atoms with Gasteiger partial charge in [-0.25, -0.2) is 0 Å². The van der Waals surface area contributed by atoms with Crippen molar-refractivity contribution in [2.75, 3.05) is 0 Å². The fraction of sp³-hybridized carbons (Fsp3) is 0.208. The van der Waals surface area contributed by atoms with Gasteiger partial charge in [-0.3, -0.25) is 14.6 Å². The number of hydrogen-bond acceptors (Lipinski definition) is 3. The monoisotopic (exact) mass is 388 g/mol. The lowest BCUT2D eigenvalue weighted by molar-refractivity contribution is -0.136. The van der Waals surface area contributed by atoms with Crippen LogP contribution in [0.3, 0.4) is 0 Å². The molecule has 0 aliphatic carbocycles. The molecule has 0 aliphatic rings. The maximum absolute atomic E-state index is 12.3. The van der Waals surface area contributed by atoms with Crippen LogP contribution in [0.25, 0.3) is 11.1 Å². The van der Waals surface area contributed by atoms with Gasteiger partial charge >= 0.3 is 5.97 Å². The summed E-state index contributed by atoms with van der Waals surface area (Å²) in [6.45, 7) is 4.58. The van der Waals surface area contributed by atoms with Crippen molar-refractivity contribution in [2.45, 2.75) is 33.4 Å². The number of aryl methyl sites for hydroxylation is 1. The van der Waals surface area contributed by atoms with Crippen LogP contribution in [0.4, 0.5) is 0 Å². The third-order valence-electron chi connectivity index (χ3n) is 4.74. The molecule has 29 heavy (non-hydrogen) atoms. The highest BCUT2D eigenvalue weighted by Gasteiger charge is 2.15. The molecule has 0 unspecified atom stereocenters. The standard InChI is InChI=1S/C24H24N2O3/c1-17-8-9-23(21-11-20(12-24(28)29)13-25-14-21)22(10-17)16-26(18(2)27)15-19-6-4-3-5-7-19/h3-11,13-14H,12,15-16H2,1-2H3,(H,28,29). The van der Waals surface area contributed by atoms with Crippen LogP contribution in [0.15, 0.2) is 67.0 Å². The summed E-state index contributed by atoms with van der Waals surface area (Å²) in [7, 11) is 0. The first-order valence-electron chi connectivity index (χ1n) is 9.47. The highest BCUT2D eigenvalue weighted by Crippen LogP contribution is 2.27. The van der Waals surface area contributed by atoms with Crippen LogP contribution < -0.4 is 0 Å². The number of carbonyl (C=O) groups excluding carboxylic acids is 1. The summed E-state index contributed by atoms with van der Waals surface area (Å²) in [5.74, 6) is -0.891. The second-order valence-corrected chi connectivity index (χ2v) is 7.17. The Morgan fingerprint density at radius 2 is 1.72 bits per heavy atom. The molecule has 0 bridgehead atoms. The van der Waals surface area contributed by atoms with E-state index in [1.165, 1.54) is 0 Å². The van der Waals surface area contributed by atoms with Crippen molar-refractivity contribution >= 4 is 11.9 Å². The molecule has 3 rings (SSSR count). The highest BCUT2D eigenvalue weighted by molar-refractivity contribution is 5.75. The molecular weight excluding hydrogens is 364 g/mol. The van der Waals surface area contributed by atoms with E-state index in [1.807, 2.05) is 60.4 Å². The van der Waals surface area contributed by atoms with Gasteiger partial charge in [-0.1, -0.05) is 54.1 Å². The Labute approximate surface area is 170 Å². The minimum atomic E-state index is -0.890. The largest absolute Gasteiger partial charge is 0.481 e. The van der Waals surface area contributed by atoms with E-state index in [0.717, 1.165) is 27.8 Å². The van der Waals surface area contributed by atoms with Crippen molar-refractivity contribution in [1.29, 1.82) is 0 Å². The quantitative estimate of drug-likeness (QED) is 0.657. The van der Waals surface area contributed by atoms with Gasteiger partial charge in [-0.05, 0) is 35.2 Å². The number of hydrogen-bond donors (Lipinski definition) is 1. The van der Waals surface area contributed by atoms with Crippen molar-refractivity contribution in [3.8, 4) is 11.1 Å². The SMILES string of the molecule is CC(=O)N(Cc1ccccc1)Cc1cc(C)ccc1-c1cncc(CC(=O)O)c1. The second-order valence-electron chi connectivity index (χ2n) is 7.17. The third-order valence-corrected chi connectivity index (χ3v) is 4.74. The Morgan fingerprint density at radius 3 is 2.41 bits per heavy atom. The maximum Gasteiger partial charge on any atom is 0.307 e. The number of nitrogens with zero attached hydrogens (tertiary/aromatic N) is 2. The van der Waals surface area contributed by atoms with E-state index in [2.05, 4.69) is 11.1 Å². The van der Waals surface area contributed by atoms with Crippen LogP contribution in [0.2, 0.25) is 0 Å². The first-order chi connectivity index (χ1) is 13.9. The van der Waals surface area contributed by atoms with Gasteiger partial charge < -0.3 is 10.0 Å². The van der Waals surface area contributed by atoms with Crippen molar-refractivity contribution in [2.24, 2.45) is 0 Å². The first kappa shape index (κ1) is 20.3. The predicted octanol–water partition coefficient (Wildman–Crippen LogP) is 4.23. The molecule has 148 valence electrons. The molecule has 0 fully saturated rings. The Bertz CT molecular complexity index is 1020. The van der Waals surface area contributed by atoms with Gasteiger partial charge in [-0.15, -0.1) is 0 Å². The summed E-state index contributed by atoms with van der Waals surface area (Å²) in [5, 5.41) is 9.07. The molecule has 1 N–H and O–H groups in total. The zero-order valence-corrected chi connectivity index (χ0v) is 16.6. The molecule has 2 aromatic carbocycles. The van der Waals surface area contributed by atoms with E-state index < -0.39 is 5.97 Å². The summed E-state index contributed by atoms with van der Waals surface area (Å²) < 4.78 is 0. The zero-order chi connectivity index (χ0) is 20.8. The molecule has 0 spiro atoms. The van der Waals surface area contributed by atoms with Crippen molar-refractivity contribution in [3.05, 3.63) is 89.2 Å². The Kier molecular flexibility index (Phi) is 6.39. The van der Waals surface area contributed by atoms with Crippen LogP contribution >= 0.6 is 0 Å². The smallest absolute Gasteiger partial charge is 0.307 e. The molecule has 0 radical (unpaired) electrons. The van der Waals surface area contributed by atoms with Gasteiger partial charge in [0.1, 0.15) is 0 Å². The zero-order valence-electron chi connectivity index (χ0n) is 16.6. The number of carboxylic acids is 1. The molecule has 0 aliphatic heterocycles. The van der Waals surface area contributed by atoms with E-state index in [-0.39, 0.29) is 12.3 Å². The molecule has 3 aromatic rings. The predicted molar refractivity (Wildman–Crippen MR) is 112 cm³/mol. The van der Waals surface area contributed by atoms with Crippen LogP contribution in [-0.2, 0) is 29.1 Å². The number of benzene rings is 2. The summed E-state index contributed by atoms with van der Waals surface area (Å²) in [5.41, 5.74) is 5.62. The number of carbonyl (C=O) groups is 2. The normalized spacial score (nSPS) is 10.6. The average Bonchev–Trinajstić information content (AvgIpc) is 2.68. The van der Waals surface area contributed by atoms with Gasteiger partial charge in [0.2, 0.25) is 5.91 Å². The van der Waals surface area contributed by atoms with Gasteiger partial charge in [0.25, 0.3) is 0 Å². The van der Waals surface area contributed by atoms with E-state index in [9.17, 15) is 9.59 Å². The highest BCUT2D eigenvalue weighted by atomic mass is 16.4. The molecule has 5 heteroatoms. The van der Waals surface area contributed by atoms with Gasteiger partial charge in [-0.2, -0.15) is 0 Å². The average molecular weight is 388 g/mol. The molecule has 0 saturated heterocycles. The van der Waals surface area contributed by atoms with Gasteiger partial charge in [0.15, 0.2) is 0 Å². The van der Waals surface area contributed by atoms with Crippen LogP contribution in [-0.4, -0.2) is 26.9 Å². The van der Waals surface area contributed by atoms with Crippen LogP contribution in [0.5, 0.6) is 0 Å². The van der Waals surface area contributed by atoms with Crippen LogP contribution in [0.1, 0.15) is 29.2 Å². The van der Waals surface area contributed by atoms with Gasteiger partial charge in [0.05, 0.1) is 6.42 Å². The lowest BCUT2D eigenvalue weighted by Gasteiger charge is -2.23. The van der Waals surface area contributed by atoms with Crippen molar-refractivity contribution in [3.63, 3.8) is 0 Å². The lowest BCUT2D eigenvalue weighted by Crippen LogP contribution is -2.28. The van der Waals surface area contributed by atoms with E-state index in [4.69, 9.17) is 5.11 Å². The minimum Gasteiger partial charge on any atom is -0.481 e. The number of rotatable bonds is 7. The maximum atomic E-state index is 12.3.